The summed E-state index contributed by atoms with van der Waals surface area (Å²) in [5.41, 5.74) is 7.30. The Kier molecular flexibility index (Phi) is 5.45. The molecule has 0 aliphatic heterocycles. The van der Waals surface area contributed by atoms with Crippen LogP contribution in [0.15, 0.2) is 97.1 Å². The molecule has 0 aromatic heterocycles. The minimum absolute atomic E-state index is 0.388. The molecule has 4 aromatic carbocycles. The van der Waals surface area contributed by atoms with Crippen LogP contribution in [-0.2, 0) is 5.41 Å². The van der Waals surface area contributed by atoms with Crippen LogP contribution in [0.1, 0.15) is 42.5 Å². The van der Waals surface area contributed by atoms with E-state index in [9.17, 15) is 0 Å². The van der Waals surface area contributed by atoms with Crippen LogP contribution in [0.2, 0.25) is 0 Å². The van der Waals surface area contributed by atoms with Gasteiger partial charge < -0.3 is 9.47 Å². The lowest BCUT2D eigenvalue weighted by Crippen LogP contribution is -2.28. The van der Waals surface area contributed by atoms with Crippen LogP contribution in [0.5, 0.6) is 11.5 Å². The minimum atomic E-state index is -0.388. The standard InChI is InChI=1S/C30H28O2/c1-3-21-32-25-19-15-23(16-20-25)30(22-13-17-24(18-14-22)31-4-2)28-11-7-5-9-26(28)27-10-6-8-12-29(27)30/h5-20H,3-4,21H2,1-2H3. The van der Waals surface area contributed by atoms with Gasteiger partial charge in [-0.2, -0.15) is 0 Å². The summed E-state index contributed by atoms with van der Waals surface area (Å²) in [6, 6.07) is 34.8. The lowest BCUT2D eigenvalue weighted by atomic mass is 9.68. The molecule has 2 nitrogen and oxygen atoms in total. The summed E-state index contributed by atoms with van der Waals surface area (Å²) in [5.74, 6) is 1.81. The minimum Gasteiger partial charge on any atom is -0.494 e. The third-order valence-corrected chi connectivity index (χ3v) is 6.31. The highest BCUT2D eigenvalue weighted by Gasteiger charge is 2.45. The van der Waals surface area contributed by atoms with Gasteiger partial charge in [-0.15, -0.1) is 0 Å². The quantitative estimate of drug-likeness (QED) is 0.276. The first-order valence-corrected chi connectivity index (χ1v) is 11.4. The number of ether oxygens (including phenoxy) is 2. The zero-order valence-electron chi connectivity index (χ0n) is 18.7. The van der Waals surface area contributed by atoms with Crippen molar-refractivity contribution < 1.29 is 9.47 Å². The second kappa shape index (κ2) is 8.55. The summed E-state index contributed by atoms with van der Waals surface area (Å²) in [4.78, 5) is 0. The summed E-state index contributed by atoms with van der Waals surface area (Å²) >= 11 is 0. The van der Waals surface area contributed by atoms with Gasteiger partial charge in [-0.1, -0.05) is 79.7 Å². The Bertz CT molecular complexity index is 1160. The lowest BCUT2D eigenvalue weighted by molar-refractivity contribution is 0.317. The Morgan fingerprint density at radius 3 is 1.50 bits per heavy atom. The molecule has 2 heteroatoms. The normalized spacial score (nSPS) is 13.3. The summed E-state index contributed by atoms with van der Waals surface area (Å²) in [6.45, 7) is 5.53. The Morgan fingerprint density at radius 2 is 1.03 bits per heavy atom. The molecule has 4 aromatic rings. The van der Waals surface area contributed by atoms with Gasteiger partial charge in [0.1, 0.15) is 11.5 Å². The van der Waals surface area contributed by atoms with E-state index in [0.717, 1.165) is 24.5 Å². The highest BCUT2D eigenvalue weighted by atomic mass is 16.5. The SMILES string of the molecule is CCCOc1ccc(C2(c3ccc(OCC)cc3)c3ccccc3-c3ccccc32)cc1. The first-order chi connectivity index (χ1) is 15.8. The smallest absolute Gasteiger partial charge is 0.119 e. The van der Waals surface area contributed by atoms with Crippen LogP contribution in [0.3, 0.4) is 0 Å². The van der Waals surface area contributed by atoms with Gasteiger partial charge >= 0.3 is 0 Å². The molecule has 0 atom stereocenters. The van der Waals surface area contributed by atoms with Crippen molar-refractivity contribution in [3.05, 3.63) is 119 Å². The van der Waals surface area contributed by atoms with Gasteiger partial charge in [0.25, 0.3) is 0 Å². The summed E-state index contributed by atoms with van der Waals surface area (Å²) in [7, 11) is 0. The van der Waals surface area contributed by atoms with Crippen molar-refractivity contribution in [2.45, 2.75) is 25.7 Å². The molecular weight excluding hydrogens is 392 g/mol. The molecule has 0 bridgehead atoms. The van der Waals surface area contributed by atoms with Gasteiger partial charge in [0.15, 0.2) is 0 Å². The average molecular weight is 421 g/mol. The largest absolute Gasteiger partial charge is 0.494 e. The van der Waals surface area contributed by atoms with Crippen LogP contribution >= 0.6 is 0 Å². The van der Waals surface area contributed by atoms with Crippen LogP contribution in [0.25, 0.3) is 11.1 Å². The van der Waals surface area contributed by atoms with Gasteiger partial charge in [-0.25, -0.2) is 0 Å². The highest BCUT2D eigenvalue weighted by molar-refractivity contribution is 5.86. The topological polar surface area (TPSA) is 18.5 Å². The number of benzene rings is 4. The maximum Gasteiger partial charge on any atom is 0.119 e. The van der Waals surface area contributed by atoms with Gasteiger partial charge in [0.05, 0.1) is 18.6 Å². The number of rotatable bonds is 7. The molecule has 0 spiro atoms. The molecule has 0 saturated heterocycles. The van der Waals surface area contributed by atoms with Crippen LogP contribution < -0.4 is 9.47 Å². The first-order valence-electron chi connectivity index (χ1n) is 11.4. The summed E-state index contributed by atoms with van der Waals surface area (Å²) < 4.78 is 11.6. The third kappa shape index (κ3) is 3.18. The first kappa shape index (κ1) is 20.4. The predicted molar refractivity (Wildman–Crippen MR) is 131 cm³/mol. The van der Waals surface area contributed by atoms with Crippen molar-refractivity contribution in [3.63, 3.8) is 0 Å². The maximum atomic E-state index is 5.88. The van der Waals surface area contributed by atoms with E-state index in [-0.39, 0.29) is 5.41 Å². The van der Waals surface area contributed by atoms with Crippen molar-refractivity contribution in [1.29, 1.82) is 0 Å². The van der Waals surface area contributed by atoms with Gasteiger partial charge in [-0.3, -0.25) is 0 Å². The van der Waals surface area contributed by atoms with E-state index >= 15 is 0 Å². The van der Waals surface area contributed by atoms with Gasteiger partial charge in [-0.05, 0) is 71.0 Å². The van der Waals surface area contributed by atoms with E-state index in [2.05, 4.69) is 104 Å². The Labute approximate surface area is 190 Å². The Balaban J connectivity index is 1.76. The second-order valence-corrected chi connectivity index (χ2v) is 8.17. The van der Waals surface area contributed by atoms with Crippen molar-refractivity contribution in [2.75, 3.05) is 13.2 Å². The highest BCUT2D eigenvalue weighted by Crippen LogP contribution is 2.56. The lowest BCUT2D eigenvalue weighted by Gasteiger charge is -2.34. The number of hydrogen-bond donors (Lipinski definition) is 0. The second-order valence-electron chi connectivity index (χ2n) is 8.17. The molecule has 0 N–H and O–H groups in total. The molecule has 0 amide bonds. The Morgan fingerprint density at radius 1 is 0.562 bits per heavy atom. The zero-order valence-corrected chi connectivity index (χ0v) is 18.7. The van der Waals surface area contributed by atoms with Crippen molar-refractivity contribution in [3.8, 4) is 22.6 Å². The van der Waals surface area contributed by atoms with Crippen LogP contribution in [-0.4, -0.2) is 13.2 Å². The zero-order chi connectivity index (χ0) is 22.0. The van der Waals surface area contributed by atoms with E-state index in [1.54, 1.807) is 0 Å². The van der Waals surface area contributed by atoms with E-state index < -0.39 is 0 Å². The fourth-order valence-corrected chi connectivity index (χ4v) is 5.01. The molecule has 0 radical (unpaired) electrons. The molecule has 0 saturated carbocycles. The molecule has 1 aliphatic rings. The molecule has 160 valence electrons. The van der Waals surface area contributed by atoms with Gasteiger partial charge in [0, 0.05) is 0 Å². The van der Waals surface area contributed by atoms with Crippen LogP contribution in [0.4, 0.5) is 0 Å². The van der Waals surface area contributed by atoms with E-state index in [0.29, 0.717) is 6.61 Å². The Hall–Kier alpha value is -3.52. The fourth-order valence-electron chi connectivity index (χ4n) is 5.01. The predicted octanol–water partition coefficient (Wildman–Crippen LogP) is 7.24. The van der Waals surface area contributed by atoms with Gasteiger partial charge in [0.2, 0.25) is 0 Å². The number of fused-ring (bicyclic) bond motifs is 3. The van der Waals surface area contributed by atoms with Crippen LogP contribution in [0, 0.1) is 0 Å². The van der Waals surface area contributed by atoms with E-state index in [1.807, 2.05) is 6.92 Å². The molecular formula is C30H28O2. The number of hydrogen-bond acceptors (Lipinski definition) is 2. The summed E-state index contributed by atoms with van der Waals surface area (Å²) in [6.07, 6.45) is 0.999. The summed E-state index contributed by atoms with van der Waals surface area (Å²) in [5, 5.41) is 0. The molecule has 1 aliphatic carbocycles. The monoisotopic (exact) mass is 420 g/mol. The molecule has 5 rings (SSSR count). The van der Waals surface area contributed by atoms with Crippen molar-refractivity contribution >= 4 is 0 Å². The molecule has 32 heavy (non-hydrogen) atoms. The van der Waals surface area contributed by atoms with E-state index in [1.165, 1.54) is 33.4 Å². The molecule has 0 unspecified atom stereocenters. The maximum absolute atomic E-state index is 5.88. The third-order valence-electron chi connectivity index (χ3n) is 6.31. The fraction of sp³-hybridized carbons (Fsp3) is 0.200. The molecule has 0 fully saturated rings. The van der Waals surface area contributed by atoms with Crippen molar-refractivity contribution in [2.24, 2.45) is 0 Å². The van der Waals surface area contributed by atoms with Crippen molar-refractivity contribution in [1.82, 2.24) is 0 Å². The molecule has 0 heterocycles. The van der Waals surface area contributed by atoms with E-state index in [4.69, 9.17) is 9.47 Å². The average Bonchev–Trinajstić information content (AvgIpc) is 3.15.